The second kappa shape index (κ2) is 3.58. The van der Waals surface area contributed by atoms with Crippen molar-refractivity contribution in [1.29, 1.82) is 0 Å². The molecule has 82 valence electrons. The molecule has 1 aliphatic heterocycles. The highest BCUT2D eigenvalue weighted by Crippen LogP contribution is 2.34. The molecule has 2 heterocycles. The van der Waals surface area contributed by atoms with Gasteiger partial charge in [0.1, 0.15) is 6.61 Å². The Morgan fingerprint density at radius 3 is 3.13 bits per heavy atom. The molecule has 0 bridgehead atoms. The largest absolute Gasteiger partial charge is 0.481 e. The minimum absolute atomic E-state index is 0.0938. The summed E-state index contributed by atoms with van der Waals surface area (Å²) in [5.41, 5.74) is 7.14. The van der Waals surface area contributed by atoms with Gasteiger partial charge in [0.25, 0.3) is 0 Å². The molecule has 15 heavy (non-hydrogen) atoms. The molecule has 1 aliphatic rings. The molecule has 0 saturated carbocycles. The molecule has 5 nitrogen and oxygen atoms in total. The van der Waals surface area contributed by atoms with E-state index in [2.05, 4.69) is 0 Å². The van der Waals surface area contributed by atoms with E-state index in [0.29, 0.717) is 12.5 Å². The number of hydrogen-bond donors (Lipinski definition) is 2. The fourth-order valence-corrected chi connectivity index (χ4v) is 2.02. The highest BCUT2D eigenvalue weighted by Gasteiger charge is 2.29. The Kier molecular flexibility index (Phi) is 2.40. The Morgan fingerprint density at radius 2 is 2.53 bits per heavy atom. The maximum Gasteiger partial charge on any atom is 0.312 e. The fraction of sp³-hybridized carbons (Fsp3) is 0.500. The lowest BCUT2D eigenvalue weighted by Gasteiger charge is -2.11. The number of carboxylic acids is 1. The number of fused-ring (bicyclic) bond motifs is 1. The van der Waals surface area contributed by atoms with Gasteiger partial charge < -0.3 is 20.1 Å². The van der Waals surface area contributed by atoms with Gasteiger partial charge in [-0.3, -0.25) is 4.79 Å². The van der Waals surface area contributed by atoms with Crippen molar-refractivity contribution in [3.8, 4) is 5.88 Å². The van der Waals surface area contributed by atoms with Crippen molar-refractivity contribution in [2.45, 2.75) is 19.4 Å². The number of nitrogens with two attached hydrogens (primary N) is 1. The van der Waals surface area contributed by atoms with Crippen molar-refractivity contribution < 1.29 is 14.6 Å². The third-order valence-corrected chi connectivity index (χ3v) is 2.72. The molecular formula is C10H14N2O3. The van der Waals surface area contributed by atoms with Crippen molar-refractivity contribution in [1.82, 2.24) is 4.57 Å². The smallest absolute Gasteiger partial charge is 0.312 e. The molecule has 0 spiro atoms. The first-order chi connectivity index (χ1) is 7.15. The molecule has 2 rings (SSSR count). The minimum Gasteiger partial charge on any atom is -0.481 e. The molecule has 0 amide bonds. The molecule has 1 aromatic rings. The topological polar surface area (TPSA) is 77.5 Å². The lowest BCUT2D eigenvalue weighted by atomic mass is 9.98. The van der Waals surface area contributed by atoms with Crippen molar-refractivity contribution in [3.63, 3.8) is 0 Å². The molecular weight excluding hydrogens is 196 g/mol. The Morgan fingerprint density at radius 1 is 1.80 bits per heavy atom. The summed E-state index contributed by atoms with van der Waals surface area (Å²) in [6.07, 6.45) is 1.92. The predicted octanol–water partition coefficient (Wildman–Crippen LogP) is 0.316. The van der Waals surface area contributed by atoms with Crippen LogP contribution in [0, 0.1) is 6.92 Å². The molecule has 1 unspecified atom stereocenters. The number of aromatic nitrogens is 1. The van der Waals surface area contributed by atoms with E-state index in [0.717, 1.165) is 17.7 Å². The number of aryl methyl sites for hydroxylation is 1. The maximum atomic E-state index is 11.0. The third kappa shape index (κ3) is 1.48. The van der Waals surface area contributed by atoms with Crippen molar-refractivity contribution in [2.75, 3.05) is 13.2 Å². The van der Waals surface area contributed by atoms with E-state index in [1.165, 1.54) is 0 Å². The molecule has 5 heteroatoms. The average Bonchev–Trinajstić information content (AvgIpc) is 2.69. The average molecular weight is 210 g/mol. The number of rotatable bonds is 3. The lowest BCUT2D eigenvalue weighted by Crippen LogP contribution is -2.21. The standard InChI is InChI=1S/C10H14N2O3/c1-6-5-12-2-3-15-9(12)8(6)7(4-11)10(13)14/h5,7H,2-4,11H2,1H3,(H,13,14). The second-order valence-electron chi connectivity index (χ2n) is 3.70. The SMILES string of the molecule is Cc1cn2c(c1C(CN)C(=O)O)OCC2. The zero-order valence-electron chi connectivity index (χ0n) is 8.56. The van der Waals surface area contributed by atoms with E-state index in [1.54, 1.807) is 0 Å². The van der Waals surface area contributed by atoms with Gasteiger partial charge >= 0.3 is 5.97 Å². The second-order valence-corrected chi connectivity index (χ2v) is 3.70. The van der Waals surface area contributed by atoms with Crippen molar-refractivity contribution >= 4 is 5.97 Å². The summed E-state index contributed by atoms with van der Waals surface area (Å²) < 4.78 is 7.37. The van der Waals surface area contributed by atoms with Crippen LogP contribution in [0.25, 0.3) is 0 Å². The van der Waals surface area contributed by atoms with Crippen LogP contribution in [0.15, 0.2) is 6.20 Å². The molecule has 0 radical (unpaired) electrons. The van der Waals surface area contributed by atoms with E-state index in [9.17, 15) is 4.79 Å². The van der Waals surface area contributed by atoms with E-state index in [1.807, 2.05) is 17.7 Å². The molecule has 1 aromatic heterocycles. The summed E-state index contributed by atoms with van der Waals surface area (Å²) in [7, 11) is 0. The number of hydrogen-bond acceptors (Lipinski definition) is 3. The number of carboxylic acid groups (broad SMARTS) is 1. The van der Waals surface area contributed by atoms with Gasteiger partial charge in [-0.2, -0.15) is 0 Å². The van der Waals surface area contributed by atoms with E-state index in [-0.39, 0.29) is 6.54 Å². The van der Waals surface area contributed by atoms with Crippen LogP contribution < -0.4 is 10.5 Å². The first-order valence-corrected chi connectivity index (χ1v) is 4.90. The van der Waals surface area contributed by atoms with Gasteiger partial charge in [0.15, 0.2) is 5.88 Å². The van der Waals surface area contributed by atoms with Crippen LogP contribution in [0.2, 0.25) is 0 Å². The van der Waals surface area contributed by atoms with Crippen LogP contribution in [-0.4, -0.2) is 28.8 Å². The number of carbonyl (C=O) groups is 1. The monoisotopic (exact) mass is 210 g/mol. The zero-order chi connectivity index (χ0) is 11.0. The van der Waals surface area contributed by atoms with Crippen LogP contribution in [0.1, 0.15) is 17.0 Å². The normalized spacial score (nSPS) is 15.9. The predicted molar refractivity (Wildman–Crippen MR) is 54.1 cm³/mol. The number of aliphatic carboxylic acids is 1. The summed E-state index contributed by atoms with van der Waals surface area (Å²) in [5, 5.41) is 9.06. The first-order valence-electron chi connectivity index (χ1n) is 4.90. The minimum atomic E-state index is -0.898. The van der Waals surface area contributed by atoms with Gasteiger partial charge in [-0.1, -0.05) is 0 Å². The van der Waals surface area contributed by atoms with Crippen molar-refractivity contribution in [2.24, 2.45) is 5.73 Å². The summed E-state index contributed by atoms with van der Waals surface area (Å²) >= 11 is 0. The van der Waals surface area contributed by atoms with Crippen LogP contribution in [0.4, 0.5) is 0 Å². The Hall–Kier alpha value is -1.49. The summed E-state index contributed by atoms with van der Waals surface area (Å²) in [5.74, 6) is -0.894. The van der Waals surface area contributed by atoms with Gasteiger partial charge in [0.2, 0.25) is 0 Å². The van der Waals surface area contributed by atoms with Gasteiger partial charge in [-0.25, -0.2) is 0 Å². The maximum absolute atomic E-state index is 11.0. The first kappa shape index (κ1) is 10.0. The third-order valence-electron chi connectivity index (χ3n) is 2.72. The molecule has 0 aromatic carbocycles. The lowest BCUT2D eigenvalue weighted by molar-refractivity contribution is -0.138. The van der Waals surface area contributed by atoms with E-state index < -0.39 is 11.9 Å². The molecule has 3 N–H and O–H groups in total. The molecule has 1 atom stereocenters. The van der Waals surface area contributed by atoms with Gasteiger partial charge in [-0.05, 0) is 12.5 Å². The summed E-state index contributed by atoms with van der Waals surface area (Å²) in [6, 6.07) is 0. The van der Waals surface area contributed by atoms with Crippen molar-refractivity contribution in [3.05, 3.63) is 17.3 Å². The summed E-state index contributed by atoms with van der Waals surface area (Å²) in [6.45, 7) is 3.37. The van der Waals surface area contributed by atoms with E-state index in [4.69, 9.17) is 15.6 Å². The Labute approximate surface area is 87.4 Å². The number of ether oxygens (including phenoxy) is 1. The van der Waals surface area contributed by atoms with E-state index >= 15 is 0 Å². The van der Waals surface area contributed by atoms with Gasteiger partial charge in [0.05, 0.1) is 12.5 Å². The van der Waals surface area contributed by atoms with Crippen LogP contribution >= 0.6 is 0 Å². The highest BCUT2D eigenvalue weighted by molar-refractivity contribution is 5.78. The molecule has 0 aliphatic carbocycles. The van der Waals surface area contributed by atoms with Crippen LogP contribution in [0.5, 0.6) is 5.88 Å². The van der Waals surface area contributed by atoms with Gasteiger partial charge in [0, 0.05) is 18.3 Å². The zero-order valence-corrected chi connectivity index (χ0v) is 8.56. The molecule has 0 saturated heterocycles. The van der Waals surface area contributed by atoms with Crippen LogP contribution in [0.3, 0.4) is 0 Å². The number of nitrogens with zero attached hydrogens (tertiary/aromatic N) is 1. The van der Waals surface area contributed by atoms with Gasteiger partial charge in [-0.15, -0.1) is 0 Å². The van der Waals surface area contributed by atoms with Crippen LogP contribution in [-0.2, 0) is 11.3 Å². The molecule has 0 fully saturated rings. The highest BCUT2D eigenvalue weighted by atomic mass is 16.5. The Bertz CT molecular complexity index is 398. The Balaban J connectivity index is 2.46. The quantitative estimate of drug-likeness (QED) is 0.753. The fourth-order valence-electron chi connectivity index (χ4n) is 2.02. The summed E-state index contributed by atoms with van der Waals surface area (Å²) in [4.78, 5) is 11.0.